The van der Waals surface area contributed by atoms with Crippen LogP contribution in [0.3, 0.4) is 0 Å². The smallest absolute Gasteiger partial charge is 0.257 e. The van der Waals surface area contributed by atoms with Crippen molar-refractivity contribution in [1.82, 2.24) is 5.32 Å². The Kier molecular flexibility index (Phi) is 7.66. The van der Waals surface area contributed by atoms with Crippen molar-refractivity contribution in [1.29, 1.82) is 0 Å². The van der Waals surface area contributed by atoms with E-state index in [0.29, 0.717) is 19.8 Å². The predicted molar refractivity (Wildman–Crippen MR) is 75.4 cm³/mol. The van der Waals surface area contributed by atoms with Gasteiger partial charge in [0, 0.05) is 19.8 Å². The van der Waals surface area contributed by atoms with Crippen LogP contribution in [0.15, 0.2) is 24.3 Å². The molecule has 0 radical (unpaired) electrons. The zero-order valence-corrected chi connectivity index (χ0v) is 11.8. The summed E-state index contributed by atoms with van der Waals surface area (Å²) in [5, 5.41) is 2.81. The Balaban J connectivity index is 2.22. The van der Waals surface area contributed by atoms with Crippen molar-refractivity contribution >= 4 is 5.91 Å². The highest BCUT2D eigenvalue weighted by atomic mass is 16.5. The molecular weight excluding hydrogens is 242 g/mol. The Hall–Kier alpha value is -1.55. The van der Waals surface area contributed by atoms with Gasteiger partial charge in [-0.2, -0.15) is 0 Å². The first-order chi connectivity index (χ1) is 9.27. The molecule has 19 heavy (non-hydrogen) atoms. The minimum Gasteiger partial charge on any atom is -0.483 e. The summed E-state index contributed by atoms with van der Waals surface area (Å²) in [5.74, 6) is 0.692. The zero-order valence-electron chi connectivity index (χ0n) is 11.8. The summed E-state index contributed by atoms with van der Waals surface area (Å²) < 4.78 is 10.7. The molecule has 0 aliphatic rings. The number of benzene rings is 1. The Morgan fingerprint density at radius 3 is 2.79 bits per heavy atom. The maximum atomic E-state index is 11.6. The van der Waals surface area contributed by atoms with Crippen molar-refractivity contribution in [2.45, 2.75) is 26.7 Å². The maximum Gasteiger partial charge on any atom is 0.257 e. The fraction of sp³-hybridized carbons (Fsp3) is 0.533. The molecule has 0 atom stereocenters. The molecule has 1 aromatic carbocycles. The standard InChI is InChI=1S/C15H23NO3/c1-3-13-8-5-6-9-14(13)19-12-15(17)16-10-7-11-18-4-2/h5-6,8-9H,3-4,7,10-12H2,1-2H3,(H,16,17). The van der Waals surface area contributed by atoms with Gasteiger partial charge in [0.15, 0.2) is 6.61 Å². The first-order valence-electron chi connectivity index (χ1n) is 6.83. The van der Waals surface area contributed by atoms with Gasteiger partial charge < -0.3 is 14.8 Å². The van der Waals surface area contributed by atoms with Crippen molar-refractivity contribution in [2.24, 2.45) is 0 Å². The number of carbonyl (C=O) groups excluding carboxylic acids is 1. The third-order valence-electron chi connectivity index (χ3n) is 2.70. The van der Waals surface area contributed by atoms with Gasteiger partial charge in [0.05, 0.1) is 0 Å². The van der Waals surface area contributed by atoms with E-state index in [1.807, 2.05) is 31.2 Å². The lowest BCUT2D eigenvalue weighted by Crippen LogP contribution is -2.30. The van der Waals surface area contributed by atoms with Gasteiger partial charge in [0.2, 0.25) is 0 Å². The maximum absolute atomic E-state index is 11.6. The summed E-state index contributed by atoms with van der Waals surface area (Å²) in [7, 11) is 0. The number of rotatable bonds is 9. The highest BCUT2D eigenvalue weighted by Crippen LogP contribution is 2.17. The van der Waals surface area contributed by atoms with Crippen molar-refractivity contribution in [3.63, 3.8) is 0 Å². The molecule has 1 N–H and O–H groups in total. The number of nitrogens with one attached hydrogen (secondary N) is 1. The second-order valence-electron chi connectivity index (χ2n) is 4.15. The summed E-state index contributed by atoms with van der Waals surface area (Å²) >= 11 is 0. The molecule has 0 aliphatic carbocycles. The third kappa shape index (κ3) is 6.25. The summed E-state index contributed by atoms with van der Waals surface area (Å²) in [6, 6.07) is 7.78. The molecule has 0 bridgehead atoms. The van der Waals surface area contributed by atoms with E-state index < -0.39 is 0 Å². The molecule has 0 aromatic heterocycles. The fourth-order valence-corrected chi connectivity index (χ4v) is 1.68. The van der Waals surface area contributed by atoms with E-state index in [-0.39, 0.29) is 12.5 Å². The van der Waals surface area contributed by atoms with Crippen molar-refractivity contribution in [2.75, 3.05) is 26.4 Å². The second-order valence-corrected chi connectivity index (χ2v) is 4.15. The van der Waals surface area contributed by atoms with E-state index in [1.54, 1.807) is 0 Å². The van der Waals surface area contributed by atoms with Crippen molar-refractivity contribution in [3.8, 4) is 5.75 Å². The first kappa shape index (κ1) is 15.5. The van der Waals surface area contributed by atoms with Crippen LogP contribution in [0.5, 0.6) is 5.75 Å². The number of ether oxygens (including phenoxy) is 2. The number of aryl methyl sites for hydroxylation is 1. The van der Waals surface area contributed by atoms with E-state index in [0.717, 1.165) is 24.2 Å². The molecule has 4 heteroatoms. The number of carbonyl (C=O) groups is 1. The molecule has 0 unspecified atom stereocenters. The summed E-state index contributed by atoms with van der Waals surface area (Å²) in [6.45, 7) is 6.10. The number of para-hydroxylation sites is 1. The van der Waals surface area contributed by atoms with Crippen LogP contribution in [0, 0.1) is 0 Å². The first-order valence-corrected chi connectivity index (χ1v) is 6.83. The fourth-order valence-electron chi connectivity index (χ4n) is 1.68. The summed E-state index contributed by atoms with van der Waals surface area (Å²) in [6.07, 6.45) is 1.72. The van der Waals surface area contributed by atoms with Crippen LogP contribution in [0.4, 0.5) is 0 Å². The molecule has 106 valence electrons. The average molecular weight is 265 g/mol. The second kappa shape index (κ2) is 9.39. The van der Waals surface area contributed by atoms with Crippen LogP contribution >= 0.6 is 0 Å². The van der Waals surface area contributed by atoms with Gasteiger partial charge in [-0.15, -0.1) is 0 Å². The average Bonchev–Trinajstić information content (AvgIpc) is 2.45. The topological polar surface area (TPSA) is 47.6 Å². The molecule has 1 aromatic rings. The third-order valence-corrected chi connectivity index (χ3v) is 2.70. The van der Waals surface area contributed by atoms with E-state index in [1.165, 1.54) is 0 Å². The zero-order chi connectivity index (χ0) is 13.9. The van der Waals surface area contributed by atoms with E-state index in [4.69, 9.17) is 9.47 Å². The molecule has 1 rings (SSSR count). The Bertz CT molecular complexity index is 379. The van der Waals surface area contributed by atoms with Gasteiger partial charge in [-0.1, -0.05) is 25.1 Å². The van der Waals surface area contributed by atoms with Crippen molar-refractivity contribution < 1.29 is 14.3 Å². The number of hydrogen-bond donors (Lipinski definition) is 1. The summed E-state index contributed by atoms with van der Waals surface area (Å²) in [4.78, 5) is 11.6. The van der Waals surface area contributed by atoms with Gasteiger partial charge in [-0.05, 0) is 31.4 Å². The lowest BCUT2D eigenvalue weighted by Gasteiger charge is -2.10. The Labute approximate surface area is 115 Å². The quantitative estimate of drug-likeness (QED) is 0.696. The van der Waals surface area contributed by atoms with Crippen LogP contribution in [0.25, 0.3) is 0 Å². The monoisotopic (exact) mass is 265 g/mol. The molecule has 0 saturated heterocycles. The van der Waals surface area contributed by atoms with Gasteiger partial charge in [0.1, 0.15) is 5.75 Å². The van der Waals surface area contributed by atoms with Gasteiger partial charge in [0.25, 0.3) is 5.91 Å². The summed E-state index contributed by atoms with van der Waals surface area (Å²) in [5.41, 5.74) is 1.12. The van der Waals surface area contributed by atoms with Crippen LogP contribution in [0.1, 0.15) is 25.8 Å². The van der Waals surface area contributed by atoms with Gasteiger partial charge in [-0.25, -0.2) is 0 Å². The van der Waals surface area contributed by atoms with Crippen molar-refractivity contribution in [3.05, 3.63) is 29.8 Å². The molecule has 0 saturated carbocycles. The molecule has 0 aliphatic heterocycles. The van der Waals surface area contributed by atoms with Gasteiger partial charge >= 0.3 is 0 Å². The lowest BCUT2D eigenvalue weighted by molar-refractivity contribution is -0.123. The van der Waals surface area contributed by atoms with Crippen LogP contribution in [-0.2, 0) is 16.0 Å². The minimum atomic E-state index is -0.0950. The minimum absolute atomic E-state index is 0.0612. The number of amides is 1. The SMILES string of the molecule is CCOCCCNC(=O)COc1ccccc1CC. The van der Waals surface area contributed by atoms with E-state index in [9.17, 15) is 4.79 Å². The predicted octanol–water partition coefficient (Wildman–Crippen LogP) is 2.17. The van der Waals surface area contributed by atoms with Gasteiger partial charge in [-0.3, -0.25) is 4.79 Å². The molecule has 0 spiro atoms. The normalized spacial score (nSPS) is 10.2. The lowest BCUT2D eigenvalue weighted by atomic mass is 10.1. The Morgan fingerprint density at radius 1 is 1.26 bits per heavy atom. The van der Waals surface area contributed by atoms with E-state index >= 15 is 0 Å². The molecule has 0 heterocycles. The highest BCUT2D eigenvalue weighted by molar-refractivity contribution is 5.77. The molecule has 0 fully saturated rings. The molecular formula is C15H23NO3. The van der Waals surface area contributed by atoms with Crippen LogP contribution < -0.4 is 10.1 Å². The largest absolute Gasteiger partial charge is 0.483 e. The number of hydrogen-bond acceptors (Lipinski definition) is 3. The van der Waals surface area contributed by atoms with E-state index in [2.05, 4.69) is 12.2 Å². The Morgan fingerprint density at radius 2 is 2.05 bits per heavy atom. The van der Waals surface area contributed by atoms with Crippen LogP contribution in [-0.4, -0.2) is 32.3 Å². The molecule has 4 nitrogen and oxygen atoms in total. The highest BCUT2D eigenvalue weighted by Gasteiger charge is 2.04. The molecule has 1 amide bonds. The van der Waals surface area contributed by atoms with Crippen LogP contribution in [0.2, 0.25) is 0 Å².